The maximum Gasteiger partial charge on any atom is 0.248 e. The van der Waals surface area contributed by atoms with E-state index in [4.69, 9.17) is 0 Å². The van der Waals surface area contributed by atoms with E-state index in [1.165, 1.54) is 0 Å². The molecule has 0 unspecified atom stereocenters. The lowest BCUT2D eigenvalue weighted by molar-refractivity contribution is -0.125. The molecule has 2 atom stereocenters. The van der Waals surface area contributed by atoms with Crippen LogP contribution in [0.25, 0.3) is 5.52 Å². The van der Waals surface area contributed by atoms with Crippen LogP contribution < -0.4 is 4.90 Å². The molecule has 2 aliphatic rings. The quantitative estimate of drug-likeness (QED) is 0.829. The van der Waals surface area contributed by atoms with Gasteiger partial charge in [0, 0.05) is 29.3 Å². The van der Waals surface area contributed by atoms with Gasteiger partial charge in [0.15, 0.2) is 0 Å². The van der Waals surface area contributed by atoms with Crippen LogP contribution >= 0.6 is 15.9 Å². The average molecular weight is 373 g/mol. The highest BCUT2D eigenvalue weighted by atomic mass is 79.9. The first kappa shape index (κ1) is 14.7. The second kappa shape index (κ2) is 5.07. The van der Waals surface area contributed by atoms with Crippen LogP contribution in [-0.4, -0.2) is 22.1 Å². The molecule has 1 aliphatic heterocycles. The number of rotatable bonds is 3. The minimum Gasteiger partial charge on any atom is -0.309 e. The molecule has 2 aromatic rings. The molecular weight excluding hydrogens is 356 g/mol. The van der Waals surface area contributed by atoms with Crippen LogP contribution in [-0.2, 0) is 4.79 Å². The van der Waals surface area contributed by atoms with E-state index in [2.05, 4.69) is 34.0 Å². The van der Waals surface area contributed by atoms with Crippen molar-refractivity contribution in [3.05, 3.63) is 29.0 Å². The van der Waals surface area contributed by atoms with E-state index in [0.717, 1.165) is 34.9 Å². The van der Waals surface area contributed by atoms with E-state index in [9.17, 15) is 10.1 Å². The van der Waals surface area contributed by atoms with E-state index in [-0.39, 0.29) is 17.7 Å². The summed E-state index contributed by atoms with van der Waals surface area (Å²) in [5, 5.41) is 14.1. The molecule has 118 valence electrons. The molecule has 3 heterocycles. The number of carbonyl (C=O) groups excluding carboxylic acids is 1. The van der Waals surface area contributed by atoms with Gasteiger partial charge in [0.2, 0.25) is 5.91 Å². The lowest BCUT2D eigenvalue weighted by Gasteiger charge is -2.24. The van der Waals surface area contributed by atoms with Gasteiger partial charge in [-0.05, 0) is 53.2 Å². The minimum atomic E-state index is -0.834. The molecule has 0 bridgehead atoms. The van der Waals surface area contributed by atoms with Crippen LogP contribution in [0.5, 0.6) is 0 Å². The molecule has 5 nitrogen and oxygen atoms in total. The first-order valence-corrected chi connectivity index (χ1v) is 8.77. The van der Waals surface area contributed by atoms with Crippen LogP contribution in [0, 0.1) is 28.6 Å². The van der Waals surface area contributed by atoms with Crippen molar-refractivity contribution in [2.75, 3.05) is 11.4 Å². The summed E-state index contributed by atoms with van der Waals surface area (Å²) in [7, 11) is 0. The Morgan fingerprint density at radius 3 is 2.96 bits per heavy atom. The minimum absolute atomic E-state index is 0.0280. The Bertz CT molecular complexity index is 835. The topological polar surface area (TPSA) is 61.4 Å². The Kier molecular flexibility index (Phi) is 3.24. The van der Waals surface area contributed by atoms with E-state index in [0.29, 0.717) is 6.54 Å². The van der Waals surface area contributed by atoms with Crippen LogP contribution in [0.15, 0.2) is 29.0 Å². The first-order chi connectivity index (χ1) is 11.1. The van der Waals surface area contributed by atoms with Gasteiger partial charge >= 0.3 is 0 Å². The summed E-state index contributed by atoms with van der Waals surface area (Å²) in [6, 6.07) is 6.25. The summed E-state index contributed by atoms with van der Waals surface area (Å²) in [6.07, 6.45) is 6.40. The molecule has 1 saturated heterocycles. The summed E-state index contributed by atoms with van der Waals surface area (Å²) < 4.78 is 2.68. The zero-order valence-electron chi connectivity index (χ0n) is 12.9. The van der Waals surface area contributed by atoms with Crippen molar-refractivity contribution < 1.29 is 4.79 Å². The van der Waals surface area contributed by atoms with Gasteiger partial charge in [-0.25, -0.2) is 4.52 Å². The standard InChI is InChI=1S/C17H17BrN4O/c1-2-11-8-21(16(23)17(11,10-19)12-3-4-12)14-5-6-20-22-9-13(18)7-15(14)22/h5-7,9,11-12H,2-4,8H2,1H3/t11-,17+/m1/s1. The second-order valence-electron chi connectivity index (χ2n) is 6.48. The van der Waals surface area contributed by atoms with Crippen molar-refractivity contribution in [2.24, 2.45) is 17.3 Å². The number of hydrogen-bond acceptors (Lipinski definition) is 3. The molecule has 1 amide bonds. The number of halogens is 1. The molecule has 6 heteroatoms. The molecule has 23 heavy (non-hydrogen) atoms. The molecule has 2 aromatic heterocycles. The third-order valence-electron chi connectivity index (χ3n) is 5.29. The molecular formula is C17H17BrN4O. The Hall–Kier alpha value is -1.87. The van der Waals surface area contributed by atoms with Gasteiger partial charge in [0.25, 0.3) is 0 Å². The second-order valence-corrected chi connectivity index (χ2v) is 7.40. The molecule has 0 N–H and O–H groups in total. The molecule has 0 radical (unpaired) electrons. The molecule has 2 fully saturated rings. The van der Waals surface area contributed by atoms with Crippen molar-refractivity contribution in [1.29, 1.82) is 5.26 Å². The average Bonchev–Trinajstić information content (AvgIpc) is 3.26. The predicted octanol–water partition coefficient (Wildman–Crippen LogP) is 3.39. The lowest BCUT2D eigenvalue weighted by Crippen LogP contribution is -2.37. The smallest absolute Gasteiger partial charge is 0.248 e. The summed E-state index contributed by atoms with van der Waals surface area (Å²) >= 11 is 3.46. The Morgan fingerprint density at radius 2 is 2.30 bits per heavy atom. The molecule has 4 rings (SSSR count). The predicted molar refractivity (Wildman–Crippen MR) is 89.8 cm³/mol. The van der Waals surface area contributed by atoms with Crippen LogP contribution in [0.2, 0.25) is 0 Å². The normalized spacial score (nSPS) is 27.6. The third kappa shape index (κ3) is 1.96. The van der Waals surface area contributed by atoms with E-state index in [1.807, 2.05) is 18.3 Å². The molecule has 1 saturated carbocycles. The lowest BCUT2D eigenvalue weighted by atomic mass is 9.73. The van der Waals surface area contributed by atoms with Crippen molar-refractivity contribution in [3.8, 4) is 6.07 Å². The van der Waals surface area contributed by atoms with Crippen molar-refractivity contribution in [1.82, 2.24) is 9.61 Å². The Labute approximate surface area is 143 Å². The van der Waals surface area contributed by atoms with E-state index in [1.54, 1.807) is 15.6 Å². The van der Waals surface area contributed by atoms with Crippen molar-refractivity contribution >= 4 is 33.0 Å². The number of nitrogens with zero attached hydrogens (tertiary/aromatic N) is 4. The van der Waals surface area contributed by atoms with Gasteiger partial charge < -0.3 is 4.90 Å². The van der Waals surface area contributed by atoms with E-state index < -0.39 is 5.41 Å². The largest absolute Gasteiger partial charge is 0.309 e. The zero-order chi connectivity index (χ0) is 16.2. The number of fused-ring (bicyclic) bond motifs is 1. The summed E-state index contributed by atoms with van der Waals surface area (Å²) in [6.45, 7) is 2.69. The summed E-state index contributed by atoms with van der Waals surface area (Å²) in [5.74, 6) is 0.297. The number of carbonyl (C=O) groups is 1. The first-order valence-electron chi connectivity index (χ1n) is 7.98. The van der Waals surface area contributed by atoms with Crippen LogP contribution in [0.3, 0.4) is 0 Å². The summed E-state index contributed by atoms with van der Waals surface area (Å²) in [4.78, 5) is 15.0. The fourth-order valence-corrected chi connectivity index (χ4v) is 4.39. The van der Waals surface area contributed by atoms with Crippen molar-refractivity contribution in [2.45, 2.75) is 26.2 Å². The van der Waals surface area contributed by atoms with Gasteiger partial charge in [-0.15, -0.1) is 0 Å². The SMILES string of the molecule is CC[C@@H]1CN(c2ccnn3cc(Br)cc23)C(=O)[C@]1(C#N)C1CC1. The van der Waals surface area contributed by atoms with Gasteiger partial charge in [-0.2, -0.15) is 10.4 Å². The fourth-order valence-electron chi connectivity index (χ4n) is 3.98. The van der Waals surface area contributed by atoms with Crippen molar-refractivity contribution in [3.63, 3.8) is 0 Å². The molecule has 0 spiro atoms. The van der Waals surface area contributed by atoms with Gasteiger partial charge in [-0.1, -0.05) is 6.92 Å². The number of aromatic nitrogens is 2. The van der Waals surface area contributed by atoms with Crippen LogP contribution in [0.4, 0.5) is 5.69 Å². The van der Waals surface area contributed by atoms with Gasteiger partial charge in [0.1, 0.15) is 5.41 Å². The highest BCUT2D eigenvalue weighted by molar-refractivity contribution is 9.10. The monoisotopic (exact) mass is 372 g/mol. The fraction of sp³-hybridized carbons (Fsp3) is 0.471. The van der Waals surface area contributed by atoms with Gasteiger partial charge in [0.05, 0.1) is 17.3 Å². The maximum absolute atomic E-state index is 13.2. The molecule has 1 aliphatic carbocycles. The Morgan fingerprint density at radius 1 is 1.52 bits per heavy atom. The van der Waals surface area contributed by atoms with E-state index >= 15 is 0 Å². The van der Waals surface area contributed by atoms with Gasteiger partial charge in [-0.3, -0.25) is 4.79 Å². The molecule has 0 aromatic carbocycles. The number of hydrogen-bond donors (Lipinski definition) is 0. The zero-order valence-corrected chi connectivity index (χ0v) is 14.5. The van der Waals surface area contributed by atoms with Crippen LogP contribution in [0.1, 0.15) is 26.2 Å². The summed E-state index contributed by atoms with van der Waals surface area (Å²) in [5.41, 5.74) is 0.887. The number of anilines is 1. The number of amides is 1. The Balaban J connectivity index is 1.83. The maximum atomic E-state index is 13.2. The number of nitriles is 1. The third-order valence-corrected chi connectivity index (χ3v) is 5.72. The highest BCUT2D eigenvalue weighted by Crippen LogP contribution is 2.55. The highest BCUT2D eigenvalue weighted by Gasteiger charge is 2.61.